The lowest BCUT2D eigenvalue weighted by Crippen LogP contribution is -2.36. The van der Waals surface area contributed by atoms with Gasteiger partial charge in [-0.15, -0.1) is 0 Å². The van der Waals surface area contributed by atoms with Crippen molar-refractivity contribution in [3.8, 4) is 0 Å². The average Bonchev–Trinajstić information content (AvgIpc) is 3.08. The number of aromatic nitrogens is 1. The molecule has 0 radical (unpaired) electrons. The monoisotopic (exact) mass is 385 g/mol. The number of hydrogen-bond acceptors (Lipinski definition) is 3. The molecule has 0 aliphatic carbocycles. The minimum absolute atomic E-state index is 0.0562. The number of pyridine rings is 1. The summed E-state index contributed by atoms with van der Waals surface area (Å²) in [6.07, 6.45) is 2.33. The maximum Gasteiger partial charge on any atom is 0.277 e. The molecular weight excluding hydrogens is 362 g/mol. The van der Waals surface area contributed by atoms with E-state index in [1.807, 2.05) is 62.4 Å². The van der Waals surface area contributed by atoms with Crippen LogP contribution in [0.4, 0.5) is 5.69 Å². The fraction of sp³-hybridized carbons (Fsp3) is 0.208. The van der Waals surface area contributed by atoms with Crippen LogP contribution in [0.5, 0.6) is 0 Å². The Kier molecular flexibility index (Phi) is 5.12. The number of carbonyl (C=O) groups is 2. The normalized spacial score (nSPS) is 15.1. The fourth-order valence-electron chi connectivity index (χ4n) is 3.68. The second-order valence-corrected chi connectivity index (χ2v) is 7.46. The summed E-state index contributed by atoms with van der Waals surface area (Å²) in [5, 5.41) is 2.90. The summed E-state index contributed by atoms with van der Waals surface area (Å²) in [6, 6.07) is 19.2. The summed E-state index contributed by atoms with van der Waals surface area (Å²) in [5.41, 5.74) is 4.97. The Balaban J connectivity index is 1.50. The second-order valence-electron chi connectivity index (χ2n) is 7.46. The third-order valence-electron chi connectivity index (χ3n) is 5.24. The van der Waals surface area contributed by atoms with Gasteiger partial charge in [0, 0.05) is 30.0 Å². The first kappa shape index (κ1) is 18.9. The van der Waals surface area contributed by atoms with Gasteiger partial charge in [-0.3, -0.25) is 14.6 Å². The van der Waals surface area contributed by atoms with Crippen LogP contribution in [0.25, 0.3) is 0 Å². The number of benzene rings is 2. The van der Waals surface area contributed by atoms with Crippen molar-refractivity contribution < 1.29 is 9.59 Å². The summed E-state index contributed by atoms with van der Waals surface area (Å²) in [7, 11) is 0. The summed E-state index contributed by atoms with van der Waals surface area (Å²) in [6.45, 7) is 4.48. The van der Waals surface area contributed by atoms with Crippen molar-refractivity contribution in [1.82, 2.24) is 10.3 Å². The lowest BCUT2D eigenvalue weighted by molar-refractivity contribution is 0.0951. The molecule has 146 valence electrons. The van der Waals surface area contributed by atoms with Crippen LogP contribution >= 0.6 is 0 Å². The molecule has 29 heavy (non-hydrogen) atoms. The maximum atomic E-state index is 13.1. The van der Waals surface area contributed by atoms with Gasteiger partial charge in [0.1, 0.15) is 5.69 Å². The molecule has 0 fully saturated rings. The van der Waals surface area contributed by atoms with E-state index in [0.717, 1.165) is 23.2 Å². The molecule has 3 aromatic rings. The van der Waals surface area contributed by atoms with Crippen LogP contribution in [0.15, 0.2) is 66.9 Å². The summed E-state index contributed by atoms with van der Waals surface area (Å²) in [4.78, 5) is 31.7. The molecule has 4 rings (SSSR count). The van der Waals surface area contributed by atoms with E-state index in [0.29, 0.717) is 12.1 Å². The number of rotatable bonds is 4. The SMILES string of the molecule is Cc1ccc(CNC(=O)c2ccnc(C(=O)N3c4ccccc4CC3C)c2)cc1. The molecule has 1 atom stereocenters. The van der Waals surface area contributed by atoms with Gasteiger partial charge in [-0.1, -0.05) is 48.0 Å². The van der Waals surface area contributed by atoms with Crippen LogP contribution < -0.4 is 10.2 Å². The first-order valence-electron chi connectivity index (χ1n) is 9.74. The smallest absolute Gasteiger partial charge is 0.277 e. The molecule has 0 bridgehead atoms. The van der Waals surface area contributed by atoms with Gasteiger partial charge in [-0.05, 0) is 49.6 Å². The van der Waals surface area contributed by atoms with Crippen LogP contribution in [0.1, 0.15) is 44.5 Å². The van der Waals surface area contributed by atoms with Gasteiger partial charge in [0.15, 0.2) is 0 Å². The molecule has 5 nitrogen and oxygen atoms in total. The second kappa shape index (κ2) is 7.87. The Bertz CT molecular complexity index is 1060. The largest absolute Gasteiger partial charge is 0.348 e. The van der Waals surface area contributed by atoms with Gasteiger partial charge in [0.2, 0.25) is 0 Å². The zero-order chi connectivity index (χ0) is 20.4. The lowest BCUT2D eigenvalue weighted by Gasteiger charge is -2.22. The van der Waals surface area contributed by atoms with E-state index >= 15 is 0 Å². The molecule has 1 aliphatic heterocycles. The Morgan fingerprint density at radius 1 is 1.10 bits per heavy atom. The molecule has 5 heteroatoms. The minimum Gasteiger partial charge on any atom is -0.348 e. The summed E-state index contributed by atoms with van der Waals surface area (Å²) in [5.74, 6) is -0.410. The lowest BCUT2D eigenvalue weighted by atomic mass is 10.1. The number of hydrogen-bond donors (Lipinski definition) is 1. The van der Waals surface area contributed by atoms with Crippen molar-refractivity contribution >= 4 is 17.5 Å². The van der Waals surface area contributed by atoms with Crippen molar-refractivity contribution in [1.29, 1.82) is 0 Å². The Morgan fingerprint density at radius 3 is 2.66 bits per heavy atom. The van der Waals surface area contributed by atoms with E-state index in [1.165, 1.54) is 11.8 Å². The number of nitrogens with one attached hydrogen (secondary N) is 1. The van der Waals surface area contributed by atoms with E-state index < -0.39 is 0 Å². The van der Waals surface area contributed by atoms with E-state index in [1.54, 1.807) is 17.0 Å². The molecule has 1 N–H and O–H groups in total. The van der Waals surface area contributed by atoms with Crippen LogP contribution in [-0.4, -0.2) is 22.8 Å². The fourth-order valence-corrected chi connectivity index (χ4v) is 3.68. The Labute approximate surface area is 170 Å². The number of fused-ring (bicyclic) bond motifs is 1. The van der Waals surface area contributed by atoms with Gasteiger partial charge >= 0.3 is 0 Å². The highest BCUT2D eigenvalue weighted by Crippen LogP contribution is 2.32. The van der Waals surface area contributed by atoms with Gasteiger partial charge in [-0.25, -0.2) is 0 Å². The molecule has 0 saturated heterocycles. The zero-order valence-corrected chi connectivity index (χ0v) is 16.6. The third kappa shape index (κ3) is 3.90. The standard InChI is InChI=1S/C24H23N3O2/c1-16-7-9-18(10-8-16)15-26-23(28)20-11-12-25-21(14-20)24(29)27-17(2)13-19-5-3-4-6-22(19)27/h3-12,14,17H,13,15H2,1-2H3,(H,26,28). The van der Waals surface area contributed by atoms with Crippen molar-refractivity contribution in [2.75, 3.05) is 4.90 Å². The Morgan fingerprint density at radius 2 is 1.86 bits per heavy atom. The van der Waals surface area contributed by atoms with Crippen LogP contribution in [0.3, 0.4) is 0 Å². The minimum atomic E-state index is -0.225. The Hall–Kier alpha value is -3.47. The van der Waals surface area contributed by atoms with Crippen molar-refractivity contribution in [3.63, 3.8) is 0 Å². The molecular formula is C24H23N3O2. The maximum absolute atomic E-state index is 13.1. The molecule has 1 aromatic heterocycles. The highest BCUT2D eigenvalue weighted by atomic mass is 16.2. The van der Waals surface area contributed by atoms with E-state index in [9.17, 15) is 9.59 Å². The topological polar surface area (TPSA) is 62.3 Å². The summed E-state index contributed by atoms with van der Waals surface area (Å²) < 4.78 is 0. The molecule has 2 aromatic carbocycles. The van der Waals surface area contributed by atoms with Gasteiger partial charge < -0.3 is 10.2 Å². The molecule has 2 amide bonds. The first-order valence-corrected chi connectivity index (χ1v) is 9.74. The van der Waals surface area contributed by atoms with E-state index in [4.69, 9.17) is 0 Å². The number of para-hydroxylation sites is 1. The number of amides is 2. The predicted octanol–water partition coefficient (Wildman–Crippen LogP) is 3.91. The average molecular weight is 385 g/mol. The number of nitrogens with zero attached hydrogens (tertiary/aromatic N) is 2. The van der Waals surface area contributed by atoms with Crippen LogP contribution in [0, 0.1) is 6.92 Å². The predicted molar refractivity (Wildman–Crippen MR) is 113 cm³/mol. The molecule has 0 saturated carbocycles. The van der Waals surface area contributed by atoms with Crippen molar-refractivity contribution in [2.45, 2.75) is 32.9 Å². The number of carbonyl (C=O) groups excluding carboxylic acids is 2. The first-order chi connectivity index (χ1) is 14.0. The van der Waals surface area contributed by atoms with Crippen LogP contribution in [0.2, 0.25) is 0 Å². The van der Waals surface area contributed by atoms with E-state index in [-0.39, 0.29) is 23.6 Å². The zero-order valence-electron chi connectivity index (χ0n) is 16.6. The molecule has 1 aliphatic rings. The summed E-state index contributed by atoms with van der Waals surface area (Å²) >= 11 is 0. The number of aryl methyl sites for hydroxylation is 1. The van der Waals surface area contributed by atoms with Crippen LogP contribution in [-0.2, 0) is 13.0 Å². The quantitative estimate of drug-likeness (QED) is 0.741. The van der Waals surface area contributed by atoms with Gasteiger partial charge in [0.25, 0.3) is 11.8 Å². The third-order valence-corrected chi connectivity index (χ3v) is 5.24. The molecule has 1 unspecified atom stereocenters. The van der Waals surface area contributed by atoms with Gasteiger partial charge in [-0.2, -0.15) is 0 Å². The number of anilines is 1. The highest BCUT2D eigenvalue weighted by Gasteiger charge is 2.32. The van der Waals surface area contributed by atoms with Crippen molar-refractivity contribution in [2.24, 2.45) is 0 Å². The van der Waals surface area contributed by atoms with E-state index in [2.05, 4.69) is 10.3 Å². The highest BCUT2D eigenvalue weighted by molar-refractivity contribution is 6.07. The molecule has 2 heterocycles. The van der Waals surface area contributed by atoms with Gasteiger partial charge in [0.05, 0.1) is 0 Å². The molecule has 0 spiro atoms. The van der Waals surface area contributed by atoms with Crippen molar-refractivity contribution in [3.05, 3.63) is 94.8 Å².